The second-order valence-electron chi connectivity index (χ2n) is 6.66. The minimum Gasteiger partial charge on any atom is -0.456 e. The highest BCUT2D eigenvalue weighted by molar-refractivity contribution is 5.27. The molecule has 1 aliphatic rings. The fraction of sp³-hybridized carbons (Fsp3) is 0.722. The fourth-order valence-electron chi connectivity index (χ4n) is 3.03. The molecule has 0 unspecified atom stereocenters. The first-order chi connectivity index (χ1) is 12.4. The van der Waals surface area contributed by atoms with Crippen LogP contribution in [0.15, 0.2) is 17.1 Å². The summed E-state index contributed by atoms with van der Waals surface area (Å²) in [6, 6.07) is 1.38. The van der Waals surface area contributed by atoms with Gasteiger partial charge in [0.05, 0.1) is 12.3 Å². The van der Waals surface area contributed by atoms with Crippen LogP contribution in [-0.4, -0.2) is 62.3 Å². The molecule has 0 spiro atoms. The molecule has 2 heterocycles. The molecular weight excluding hydrogens is 342 g/mol. The summed E-state index contributed by atoms with van der Waals surface area (Å²) in [4.78, 5) is 12.2. The topological polar surface area (TPSA) is 121 Å². The van der Waals surface area contributed by atoms with Crippen LogP contribution >= 0.6 is 0 Å². The third-order valence-corrected chi connectivity index (χ3v) is 4.72. The second kappa shape index (κ2) is 9.48. The van der Waals surface area contributed by atoms with E-state index in [-0.39, 0.29) is 11.2 Å². The number of rotatable bonds is 8. The van der Waals surface area contributed by atoms with E-state index in [0.29, 0.717) is 5.69 Å². The Bertz CT molecular complexity index is 630. The Morgan fingerprint density at radius 2 is 1.88 bits per heavy atom. The standard InChI is InChI=1S/C18H29NO7/c1-3-4-5-6-8-19-9-7-12(21)17(11(19)2)26-18-16(24)15(23)14(22)13(10-20)25-18/h7,9,13-16,18,20,22-24H,3-6,8,10H2,1-2H3/t13-,14-,15+,16-,18+/m1/s1. The molecule has 1 fully saturated rings. The molecule has 1 aromatic heterocycles. The van der Waals surface area contributed by atoms with Gasteiger partial charge in [-0.05, 0) is 13.3 Å². The number of aliphatic hydroxyl groups excluding tert-OH is 4. The highest BCUT2D eigenvalue weighted by Crippen LogP contribution is 2.24. The molecule has 0 aliphatic carbocycles. The average Bonchev–Trinajstić information content (AvgIpc) is 2.63. The Hall–Kier alpha value is -1.45. The van der Waals surface area contributed by atoms with E-state index in [0.717, 1.165) is 32.2 Å². The maximum atomic E-state index is 12.2. The Kier molecular flexibility index (Phi) is 7.60. The number of hydrogen-bond donors (Lipinski definition) is 4. The quantitative estimate of drug-likeness (QED) is 0.471. The van der Waals surface area contributed by atoms with E-state index in [1.165, 1.54) is 6.07 Å². The molecule has 8 nitrogen and oxygen atoms in total. The van der Waals surface area contributed by atoms with E-state index >= 15 is 0 Å². The largest absolute Gasteiger partial charge is 0.456 e. The third-order valence-electron chi connectivity index (χ3n) is 4.72. The Morgan fingerprint density at radius 3 is 2.54 bits per heavy atom. The molecule has 1 aromatic rings. The van der Waals surface area contributed by atoms with Crippen molar-refractivity contribution in [2.75, 3.05) is 6.61 Å². The van der Waals surface area contributed by atoms with Crippen molar-refractivity contribution in [3.05, 3.63) is 28.2 Å². The molecular formula is C18H29NO7. The third kappa shape index (κ3) is 4.63. The lowest BCUT2D eigenvalue weighted by molar-refractivity contribution is -0.277. The lowest BCUT2D eigenvalue weighted by Gasteiger charge is -2.39. The van der Waals surface area contributed by atoms with Gasteiger partial charge in [0.1, 0.15) is 24.4 Å². The molecule has 4 N–H and O–H groups in total. The van der Waals surface area contributed by atoms with Crippen LogP contribution < -0.4 is 10.2 Å². The smallest absolute Gasteiger partial charge is 0.229 e. The zero-order chi connectivity index (χ0) is 19.3. The zero-order valence-electron chi connectivity index (χ0n) is 15.2. The number of ether oxygens (including phenoxy) is 2. The van der Waals surface area contributed by atoms with Crippen LogP contribution in [-0.2, 0) is 11.3 Å². The van der Waals surface area contributed by atoms with Gasteiger partial charge in [-0.3, -0.25) is 4.79 Å². The minimum absolute atomic E-state index is 0.0207. The molecule has 0 bridgehead atoms. The van der Waals surface area contributed by atoms with Crippen molar-refractivity contribution >= 4 is 0 Å². The molecule has 1 aliphatic heterocycles. The van der Waals surface area contributed by atoms with Gasteiger partial charge in [-0.15, -0.1) is 0 Å². The van der Waals surface area contributed by atoms with Gasteiger partial charge in [0.25, 0.3) is 0 Å². The molecule has 2 rings (SSSR count). The summed E-state index contributed by atoms with van der Waals surface area (Å²) in [6.45, 7) is 4.05. The maximum Gasteiger partial charge on any atom is 0.229 e. The van der Waals surface area contributed by atoms with Crippen LogP contribution in [0.25, 0.3) is 0 Å². The van der Waals surface area contributed by atoms with Gasteiger partial charge in [0, 0.05) is 18.8 Å². The summed E-state index contributed by atoms with van der Waals surface area (Å²) in [5.74, 6) is 0.0207. The minimum atomic E-state index is -1.55. The van der Waals surface area contributed by atoms with Crippen molar-refractivity contribution in [3.63, 3.8) is 0 Å². The summed E-state index contributed by atoms with van der Waals surface area (Å²) in [6.07, 6.45) is -0.988. The number of aryl methyl sites for hydroxylation is 1. The zero-order valence-corrected chi connectivity index (χ0v) is 15.2. The van der Waals surface area contributed by atoms with E-state index in [9.17, 15) is 25.2 Å². The highest BCUT2D eigenvalue weighted by Gasteiger charge is 2.45. The first-order valence-electron chi connectivity index (χ1n) is 9.07. The SMILES string of the molecule is CCCCCCn1ccc(=O)c(O[C@@H]2O[C@H](CO)[C@@H](O)[C@H](O)[C@H]2O)c1C. The molecule has 0 aromatic carbocycles. The summed E-state index contributed by atoms with van der Waals surface area (Å²) in [5.41, 5.74) is 0.218. The Morgan fingerprint density at radius 1 is 1.15 bits per heavy atom. The number of aliphatic hydroxyl groups is 4. The van der Waals surface area contributed by atoms with Gasteiger partial charge in [0.2, 0.25) is 11.7 Å². The van der Waals surface area contributed by atoms with Crippen molar-refractivity contribution in [1.29, 1.82) is 0 Å². The summed E-state index contributed by atoms with van der Waals surface area (Å²) in [5, 5.41) is 39.0. The Labute approximate surface area is 152 Å². The number of pyridine rings is 1. The molecule has 0 amide bonds. The van der Waals surface area contributed by atoms with E-state index in [1.807, 2.05) is 4.57 Å². The molecule has 0 saturated carbocycles. The van der Waals surface area contributed by atoms with E-state index < -0.39 is 37.3 Å². The number of unbranched alkanes of at least 4 members (excludes halogenated alkanes) is 3. The lowest BCUT2D eigenvalue weighted by Crippen LogP contribution is -2.60. The number of aromatic nitrogens is 1. The van der Waals surface area contributed by atoms with Crippen LogP contribution in [0.3, 0.4) is 0 Å². The van der Waals surface area contributed by atoms with Crippen molar-refractivity contribution in [3.8, 4) is 5.75 Å². The predicted molar refractivity (Wildman–Crippen MR) is 94.0 cm³/mol. The van der Waals surface area contributed by atoms with Crippen LogP contribution in [0.5, 0.6) is 5.75 Å². The van der Waals surface area contributed by atoms with Gasteiger partial charge in [-0.1, -0.05) is 26.2 Å². The summed E-state index contributed by atoms with van der Waals surface area (Å²) in [7, 11) is 0. The molecule has 5 atom stereocenters. The monoisotopic (exact) mass is 371 g/mol. The fourth-order valence-corrected chi connectivity index (χ4v) is 3.03. The van der Waals surface area contributed by atoms with Crippen LogP contribution in [0.1, 0.15) is 38.3 Å². The molecule has 1 saturated heterocycles. The highest BCUT2D eigenvalue weighted by atomic mass is 16.7. The van der Waals surface area contributed by atoms with Crippen molar-refractivity contribution < 1.29 is 29.9 Å². The number of nitrogens with zero attached hydrogens (tertiary/aromatic N) is 1. The first-order valence-corrected chi connectivity index (χ1v) is 9.07. The van der Waals surface area contributed by atoms with Gasteiger partial charge in [-0.25, -0.2) is 0 Å². The number of hydrogen-bond acceptors (Lipinski definition) is 7. The molecule has 26 heavy (non-hydrogen) atoms. The van der Waals surface area contributed by atoms with E-state index in [2.05, 4.69) is 6.92 Å². The van der Waals surface area contributed by atoms with Gasteiger partial charge in [-0.2, -0.15) is 0 Å². The van der Waals surface area contributed by atoms with Crippen LogP contribution in [0.2, 0.25) is 0 Å². The van der Waals surface area contributed by atoms with Crippen molar-refractivity contribution in [2.24, 2.45) is 0 Å². The van der Waals surface area contributed by atoms with E-state index in [1.54, 1.807) is 13.1 Å². The lowest BCUT2D eigenvalue weighted by atomic mass is 9.99. The van der Waals surface area contributed by atoms with Crippen molar-refractivity contribution in [2.45, 2.75) is 76.8 Å². The van der Waals surface area contributed by atoms with Gasteiger partial charge >= 0.3 is 0 Å². The predicted octanol–water partition coefficient (Wildman–Crippen LogP) is -0.0843. The average molecular weight is 371 g/mol. The first kappa shape index (κ1) is 20.9. The van der Waals surface area contributed by atoms with Crippen LogP contribution in [0, 0.1) is 6.92 Å². The normalized spacial score (nSPS) is 28.9. The second-order valence-corrected chi connectivity index (χ2v) is 6.66. The molecule has 0 radical (unpaired) electrons. The van der Waals surface area contributed by atoms with Crippen LogP contribution in [0.4, 0.5) is 0 Å². The Balaban J connectivity index is 2.16. The van der Waals surface area contributed by atoms with Crippen molar-refractivity contribution in [1.82, 2.24) is 4.57 Å². The van der Waals surface area contributed by atoms with E-state index in [4.69, 9.17) is 9.47 Å². The molecule has 8 heteroatoms. The molecule has 148 valence electrons. The maximum absolute atomic E-state index is 12.2. The summed E-state index contributed by atoms with van der Waals surface area (Å²) >= 11 is 0. The van der Waals surface area contributed by atoms with Gasteiger partial charge < -0.3 is 34.5 Å². The van der Waals surface area contributed by atoms with Gasteiger partial charge in [0.15, 0.2) is 5.75 Å². The summed E-state index contributed by atoms with van der Waals surface area (Å²) < 4.78 is 12.8.